The predicted molar refractivity (Wildman–Crippen MR) is 127 cm³/mol. The Morgan fingerprint density at radius 1 is 0.857 bits per heavy atom. The van der Waals surface area contributed by atoms with E-state index in [0.717, 1.165) is 23.3 Å². The van der Waals surface area contributed by atoms with Crippen LogP contribution in [0.5, 0.6) is 0 Å². The number of hydrogen-bond acceptors (Lipinski definition) is 2. The van der Waals surface area contributed by atoms with Crippen LogP contribution in [-0.4, -0.2) is 34.2 Å². The molecule has 1 fully saturated rings. The van der Waals surface area contributed by atoms with Gasteiger partial charge in [-0.3, -0.25) is 9.59 Å². The summed E-state index contributed by atoms with van der Waals surface area (Å²) in [6, 6.07) is 22.9. The Morgan fingerprint density at radius 3 is 1.89 bits per heavy atom. The molecule has 1 saturated heterocycles. The second kappa shape index (κ2) is 10.3. The highest BCUT2D eigenvalue weighted by atomic mass is 19.4. The molecule has 1 aliphatic rings. The Bertz CT molecular complexity index is 1110. The van der Waals surface area contributed by atoms with Crippen molar-refractivity contribution in [1.29, 1.82) is 0 Å². The van der Waals surface area contributed by atoms with Gasteiger partial charge in [-0.1, -0.05) is 86.1 Å². The average Bonchev–Trinajstić information content (AvgIpc) is 2.85. The summed E-state index contributed by atoms with van der Waals surface area (Å²) in [5.74, 6) is -0.379. The van der Waals surface area contributed by atoms with E-state index < -0.39 is 23.8 Å². The van der Waals surface area contributed by atoms with Gasteiger partial charge < -0.3 is 9.80 Å². The number of alkyl halides is 3. The van der Waals surface area contributed by atoms with Crippen LogP contribution in [0.2, 0.25) is 0 Å². The molecule has 0 bridgehead atoms. The molecule has 182 valence electrons. The summed E-state index contributed by atoms with van der Waals surface area (Å²) in [5, 5.41) is 0. The lowest BCUT2D eigenvalue weighted by atomic mass is 9.94. The highest BCUT2D eigenvalue weighted by molar-refractivity contribution is 5.95. The van der Waals surface area contributed by atoms with E-state index in [1.54, 1.807) is 4.90 Å². The van der Waals surface area contributed by atoms with E-state index in [1.807, 2.05) is 67.6 Å². The van der Waals surface area contributed by atoms with Gasteiger partial charge in [0.05, 0.1) is 11.6 Å². The van der Waals surface area contributed by atoms with Crippen LogP contribution in [0.3, 0.4) is 0 Å². The second-order valence-electron chi connectivity index (χ2n) is 8.71. The number of nitrogens with zero attached hydrogens (tertiary/aromatic N) is 2. The van der Waals surface area contributed by atoms with Crippen LogP contribution in [0.25, 0.3) is 0 Å². The molecule has 3 aromatic rings. The summed E-state index contributed by atoms with van der Waals surface area (Å²) in [4.78, 5) is 30.4. The minimum atomic E-state index is -4.43. The van der Waals surface area contributed by atoms with E-state index in [9.17, 15) is 22.8 Å². The van der Waals surface area contributed by atoms with E-state index in [4.69, 9.17) is 0 Å². The van der Waals surface area contributed by atoms with Crippen LogP contribution in [0.15, 0.2) is 84.9 Å². The molecule has 2 amide bonds. The van der Waals surface area contributed by atoms with Crippen molar-refractivity contribution in [3.05, 3.63) is 107 Å². The van der Waals surface area contributed by atoms with Crippen molar-refractivity contribution in [2.75, 3.05) is 6.54 Å². The van der Waals surface area contributed by atoms with Crippen LogP contribution in [0, 0.1) is 0 Å². The van der Waals surface area contributed by atoms with Gasteiger partial charge in [0.2, 0.25) is 11.8 Å². The minimum Gasteiger partial charge on any atom is -0.325 e. The summed E-state index contributed by atoms with van der Waals surface area (Å²) in [5.41, 5.74) is 1.63. The molecule has 1 heterocycles. The van der Waals surface area contributed by atoms with Crippen molar-refractivity contribution in [3.8, 4) is 0 Å². The number of rotatable bonds is 7. The van der Waals surface area contributed by atoms with Gasteiger partial charge in [0.25, 0.3) is 0 Å². The molecule has 1 aliphatic heterocycles. The van der Waals surface area contributed by atoms with Crippen molar-refractivity contribution in [2.24, 2.45) is 0 Å². The lowest BCUT2D eigenvalue weighted by Crippen LogP contribution is -2.60. The maximum absolute atomic E-state index is 13.8. The maximum atomic E-state index is 13.8. The Balaban J connectivity index is 1.64. The number of hydrogen-bond donors (Lipinski definition) is 0. The van der Waals surface area contributed by atoms with E-state index >= 15 is 0 Å². The highest BCUT2D eigenvalue weighted by Gasteiger charge is 2.42. The first kappa shape index (κ1) is 24.5. The second-order valence-corrected chi connectivity index (χ2v) is 8.71. The van der Waals surface area contributed by atoms with Crippen LogP contribution < -0.4 is 0 Å². The predicted octanol–water partition coefficient (Wildman–Crippen LogP) is 5.83. The summed E-state index contributed by atoms with van der Waals surface area (Å²) in [7, 11) is 0. The maximum Gasteiger partial charge on any atom is 0.416 e. The summed E-state index contributed by atoms with van der Waals surface area (Å²) >= 11 is 0. The SMILES string of the molecule is CCCC1C(=O)N(C(c2ccccc2)c2ccccc2)CC(=O)N1Cc1ccc(C(F)(F)F)cc1. The zero-order chi connectivity index (χ0) is 25.0. The van der Waals surface area contributed by atoms with Crippen molar-refractivity contribution in [3.63, 3.8) is 0 Å². The topological polar surface area (TPSA) is 40.6 Å². The van der Waals surface area contributed by atoms with Crippen molar-refractivity contribution < 1.29 is 22.8 Å². The van der Waals surface area contributed by atoms with E-state index in [2.05, 4.69) is 0 Å². The van der Waals surface area contributed by atoms with Gasteiger partial charge in [0.15, 0.2) is 0 Å². The first-order valence-electron chi connectivity index (χ1n) is 11.7. The largest absolute Gasteiger partial charge is 0.416 e. The molecule has 0 spiro atoms. The fourth-order valence-electron chi connectivity index (χ4n) is 4.60. The van der Waals surface area contributed by atoms with Crippen LogP contribution >= 0.6 is 0 Å². The van der Waals surface area contributed by atoms with Crippen LogP contribution in [0.4, 0.5) is 13.2 Å². The average molecular weight is 481 g/mol. The zero-order valence-electron chi connectivity index (χ0n) is 19.4. The molecule has 7 heteroatoms. The number of amides is 2. The lowest BCUT2D eigenvalue weighted by molar-refractivity contribution is -0.158. The molecule has 0 N–H and O–H groups in total. The number of benzene rings is 3. The first-order valence-corrected chi connectivity index (χ1v) is 11.7. The van der Waals surface area contributed by atoms with Gasteiger partial charge in [-0.2, -0.15) is 13.2 Å². The number of piperazine rings is 1. The van der Waals surface area contributed by atoms with E-state index in [0.29, 0.717) is 18.4 Å². The lowest BCUT2D eigenvalue weighted by Gasteiger charge is -2.44. The minimum absolute atomic E-state index is 0.0859. The van der Waals surface area contributed by atoms with Gasteiger partial charge in [0.1, 0.15) is 12.6 Å². The molecule has 35 heavy (non-hydrogen) atoms. The third-order valence-corrected chi connectivity index (χ3v) is 6.31. The molecule has 0 aliphatic carbocycles. The summed E-state index contributed by atoms with van der Waals surface area (Å²) in [6.07, 6.45) is -3.27. The summed E-state index contributed by atoms with van der Waals surface area (Å²) < 4.78 is 38.8. The number of carbonyl (C=O) groups is 2. The Kier molecular flexibility index (Phi) is 7.24. The quantitative estimate of drug-likeness (QED) is 0.427. The molecule has 0 aromatic heterocycles. The van der Waals surface area contributed by atoms with Gasteiger partial charge >= 0.3 is 6.18 Å². The third-order valence-electron chi connectivity index (χ3n) is 6.31. The monoisotopic (exact) mass is 480 g/mol. The first-order chi connectivity index (χ1) is 16.8. The van der Waals surface area contributed by atoms with E-state index in [1.165, 1.54) is 17.0 Å². The van der Waals surface area contributed by atoms with Crippen molar-refractivity contribution in [1.82, 2.24) is 9.80 Å². The summed E-state index contributed by atoms with van der Waals surface area (Å²) in [6.45, 7) is 1.93. The molecule has 3 aromatic carbocycles. The van der Waals surface area contributed by atoms with Gasteiger partial charge in [-0.05, 0) is 35.2 Å². The number of carbonyl (C=O) groups excluding carboxylic acids is 2. The molecular weight excluding hydrogens is 453 g/mol. The molecule has 0 radical (unpaired) electrons. The molecular formula is C28H27F3N2O2. The molecule has 4 rings (SSSR count). The molecule has 1 atom stereocenters. The normalized spacial score (nSPS) is 16.8. The molecule has 0 saturated carbocycles. The standard InChI is InChI=1S/C28H27F3N2O2/c1-2-9-24-27(35)33(26(21-10-5-3-6-11-21)22-12-7-4-8-13-22)19-25(34)32(24)18-20-14-16-23(17-15-20)28(29,30)31/h3-8,10-17,24,26H,2,9,18-19H2,1H3. The van der Waals surface area contributed by atoms with Crippen LogP contribution in [0.1, 0.15) is 48.1 Å². The van der Waals surface area contributed by atoms with Crippen LogP contribution in [-0.2, 0) is 22.3 Å². The van der Waals surface area contributed by atoms with Crippen molar-refractivity contribution in [2.45, 2.75) is 44.6 Å². The zero-order valence-corrected chi connectivity index (χ0v) is 19.4. The Morgan fingerprint density at radius 2 is 1.40 bits per heavy atom. The van der Waals surface area contributed by atoms with Crippen molar-refractivity contribution >= 4 is 11.8 Å². The van der Waals surface area contributed by atoms with E-state index in [-0.39, 0.29) is 24.9 Å². The van der Waals surface area contributed by atoms with Gasteiger partial charge in [-0.25, -0.2) is 0 Å². The smallest absolute Gasteiger partial charge is 0.325 e. The third kappa shape index (κ3) is 5.39. The van der Waals surface area contributed by atoms with Gasteiger partial charge in [-0.15, -0.1) is 0 Å². The molecule has 4 nitrogen and oxygen atoms in total. The molecule has 1 unspecified atom stereocenters. The fourth-order valence-corrected chi connectivity index (χ4v) is 4.60. The fraction of sp³-hybridized carbons (Fsp3) is 0.286. The Hall–Kier alpha value is -3.61. The van der Waals surface area contributed by atoms with Gasteiger partial charge in [0, 0.05) is 6.54 Å². The highest BCUT2D eigenvalue weighted by Crippen LogP contribution is 2.33. The number of halogens is 3. The Labute approximate surface area is 203 Å².